The summed E-state index contributed by atoms with van der Waals surface area (Å²) < 4.78 is 27.8. The molecule has 160 valence electrons. The van der Waals surface area contributed by atoms with Crippen LogP contribution in [0.3, 0.4) is 0 Å². The van der Waals surface area contributed by atoms with E-state index < -0.39 is 10.0 Å². The molecule has 2 heterocycles. The number of carbonyl (C=O) groups is 1. The van der Waals surface area contributed by atoms with Gasteiger partial charge < -0.3 is 4.90 Å². The first-order valence-corrected chi connectivity index (χ1v) is 12.2. The number of aromatic amines is 1. The fourth-order valence-corrected chi connectivity index (χ4v) is 5.34. The summed E-state index contributed by atoms with van der Waals surface area (Å²) in [7, 11) is -3.59. The van der Waals surface area contributed by atoms with E-state index in [0.717, 1.165) is 42.9 Å². The van der Waals surface area contributed by atoms with Crippen molar-refractivity contribution < 1.29 is 13.2 Å². The van der Waals surface area contributed by atoms with Crippen molar-refractivity contribution in [2.45, 2.75) is 68.2 Å². The molecule has 0 spiro atoms. The van der Waals surface area contributed by atoms with Crippen molar-refractivity contribution in [3.05, 3.63) is 41.0 Å². The molecule has 2 aliphatic carbocycles. The van der Waals surface area contributed by atoms with Crippen LogP contribution in [0.15, 0.2) is 23.1 Å². The fourth-order valence-electron chi connectivity index (χ4n) is 4.01. The van der Waals surface area contributed by atoms with E-state index in [1.807, 2.05) is 11.8 Å². The van der Waals surface area contributed by atoms with Crippen LogP contribution in [0.2, 0.25) is 0 Å². The highest BCUT2D eigenvalue weighted by Crippen LogP contribution is 2.38. The minimum absolute atomic E-state index is 0.0333. The molecule has 1 aromatic heterocycles. The molecule has 1 saturated heterocycles. The molecule has 0 bridgehead atoms. The van der Waals surface area contributed by atoms with Crippen molar-refractivity contribution >= 4 is 15.9 Å². The number of hydrogen-bond acceptors (Lipinski definition) is 5. The summed E-state index contributed by atoms with van der Waals surface area (Å²) in [5.41, 5.74) is 1.25. The third-order valence-corrected chi connectivity index (χ3v) is 7.80. The van der Waals surface area contributed by atoms with Crippen molar-refractivity contribution in [2.24, 2.45) is 0 Å². The highest BCUT2D eigenvalue weighted by Gasteiger charge is 2.32. The average Bonchev–Trinajstić information content (AvgIpc) is 3.68. The molecule has 0 radical (unpaired) electrons. The summed E-state index contributed by atoms with van der Waals surface area (Å²) in [6.07, 6.45) is 5.75. The van der Waals surface area contributed by atoms with Gasteiger partial charge in [0.25, 0.3) is 5.91 Å². The Balaban J connectivity index is 1.27. The van der Waals surface area contributed by atoms with Gasteiger partial charge in [-0.05, 0) is 63.1 Å². The van der Waals surface area contributed by atoms with Crippen LogP contribution in [0, 0.1) is 6.92 Å². The third-order valence-electron chi connectivity index (χ3n) is 6.28. The van der Waals surface area contributed by atoms with Gasteiger partial charge in [0.2, 0.25) is 10.0 Å². The number of nitrogens with zero attached hydrogens (tertiary/aromatic N) is 3. The highest BCUT2D eigenvalue weighted by molar-refractivity contribution is 7.89. The van der Waals surface area contributed by atoms with Crippen LogP contribution in [-0.4, -0.2) is 53.5 Å². The molecular weight excluding hydrogens is 402 g/mol. The van der Waals surface area contributed by atoms with Crippen LogP contribution in [-0.2, 0) is 10.0 Å². The summed E-state index contributed by atoms with van der Waals surface area (Å²) in [4.78, 5) is 19.8. The van der Waals surface area contributed by atoms with E-state index >= 15 is 0 Å². The van der Waals surface area contributed by atoms with Gasteiger partial charge in [-0.3, -0.25) is 9.89 Å². The fraction of sp³-hybridized carbons (Fsp3) is 0.571. The predicted molar refractivity (Wildman–Crippen MR) is 111 cm³/mol. The Morgan fingerprint density at radius 3 is 2.50 bits per heavy atom. The summed E-state index contributed by atoms with van der Waals surface area (Å²) >= 11 is 0. The lowest BCUT2D eigenvalue weighted by molar-refractivity contribution is 0.0710. The van der Waals surface area contributed by atoms with Gasteiger partial charge in [0.15, 0.2) is 5.82 Å². The number of nitrogens with one attached hydrogen (secondary N) is 2. The number of likely N-dealkylation sites (tertiary alicyclic amines) is 1. The van der Waals surface area contributed by atoms with Crippen LogP contribution in [0.1, 0.15) is 77.9 Å². The lowest BCUT2D eigenvalue weighted by atomic mass is 9.95. The molecule has 1 aromatic carbocycles. The first kappa shape index (κ1) is 19.7. The molecule has 9 heteroatoms. The van der Waals surface area contributed by atoms with Gasteiger partial charge in [-0.15, -0.1) is 0 Å². The molecule has 0 atom stereocenters. The molecule has 30 heavy (non-hydrogen) atoms. The second-order valence-electron chi connectivity index (χ2n) is 8.79. The molecule has 5 rings (SSSR count). The van der Waals surface area contributed by atoms with Gasteiger partial charge in [0.1, 0.15) is 5.82 Å². The molecule has 1 amide bonds. The maximum Gasteiger partial charge on any atom is 0.254 e. The monoisotopic (exact) mass is 429 g/mol. The normalized spacial score (nSPS) is 20.5. The van der Waals surface area contributed by atoms with Crippen molar-refractivity contribution in [1.29, 1.82) is 0 Å². The number of piperidine rings is 1. The quantitative estimate of drug-likeness (QED) is 0.733. The maximum absolute atomic E-state index is 13.2. The van der Waals surface area contributed by atoms with Crippen LogP contribution >= 0.6 is 0 Å². The van der Waals surface area contributed by atoms with Gasteiger partial charge in [-0.1, -0.05) is 6.07 Å². The van der Waals surface area contributed by atoms with Crippen LogP contribution in [0.4, 0.5) is 0 Å². The summed E-state index contributed by atoms with van der Waals surface area (Å²) in [6.45, 7) is 3.10. The first-order chi connectivity index (χ1) is 14.4. The zero-order valence-electron chi connectivity index (χ0n) is 17.1. The number of amides is 1. The molecule has 8 nitrogen and oxygen atoms in total. The Labute approximate surface area is 176 Å². The molecule has 2 saturated carbocycles. The highest BCUT2D eigenvalue weighted by atomic mass is 32.2. The number of aromatic nitrogens is 3. The second-order valence-corrected chi connectivity index (χ2v) is 10.5. The Morgan fingerprint density at radius 1 is 1.10 bits per heavy atom. The second kappa shape index (κ2) is 7.46. The van der Waals surface area contributed by atoms with Crippen molar-refractivity contribution in [3.8, 4) is 0 Å². The van der Waals surface area contributed by atoms with Gasteiger partial charge in [-0.2, -0.15) is 5.10 Å². The smallest absolute Gasteiger partial charge is 0.254 e. The Kier molecular flexibility index (Phi) is 4.89. The molecule has 1 aliphatic heterocycles. The first-order valence-electron chi connectivity index (χ1n) is 10.7. The van der Waals surface area contributed by atoms with E-state index in [1.165, 1.54) is 18.9 Å². The number of H-pyrrole nitrogens is 1. The maximum atomic E-state index is 13.2. The number of benzene rings is 1. The van der Waals surface area contributed by atoms with Crippen LogP contribution in [0.5, 0.6) is 0 Å². The molecule has 3 aliphatic rings. The lowest BCUT2D eigenvalue weighted by Gasteiger charge is -2.31. The van der Waals surface area contributed by atoms with E-state index in [0.29, 0.717) is 24.6 Å². The average molecular weight is 430 g/mol. The van der Waals surface area contributed by atoms with Crippen molar-refractivity contribution in [2.75, 3.05) is 13.1 Å². The van der Waals surface area contributed by atoms with Gasteiger partial charge in [-0.25, -0.2) is 18.1 Å². The molecular formula is C21H27N5O3S. The third kappa shape index (κ3) is 4.00. The number of hydrogen-bond donors (Lipinski definition) is 2. The molecule has 2 N–H and O–H groups in total. The van der Waals surface area contributed by atoms with Crippen LogP contribution < -0.4 is 4.72 Å². The summed E-state index contributed by atoms with van der Waals surface area (Å²) in [5.74, 6) is 2.56. The van der Waals surface area contributed by atoms with E-state index in [2.05, 4.69) is 19.9 Å². The predicted octanol–water partition coefficient (Wildman–Crippen LogP) is 2.45. The molecule has 2 aromatic rings. The van der Waals surface area contributed by atoms with E-state index in [9.17, 15) is 13.2 Å². The largest absolute Gasteiger partial charge is 0.339 e. The summed E-state index contributed by atoms with van der Waals surface area (Å²) in [5, 5.41) is 7.43. The summed E-state index contributed by atoms with van der Waals surface area (Å²) in [6, 6.07) is 4.85. The number of aryl methyl sites for hydroxylation is 1. The standard InChI is InChI=1S/C21H27N5O3S/c1-13-2-7-17(30(28,29)25-16-5-6-16)12-18(13)21(27)26-10-8-15(9-11-26)20-22-19(23-24-20)14-3-4-14/h2,7,12,14-16,25H,3-6,8-11H2,1H3,(H,22,23,24). The molecule has 0 unspecified atom stereocenters. The van der Waals surface area contributed by atoms with E-state index in [-0.39, 0.29) is 22.8 Å². The van der Waals surface area contributed by atoms with Crippen molar-refractivity contribution in [3.63, 3.8) is 0 Å². The topological polar surface area (TPSA) is 108 Å². The SMILES string of the molecule is Cc1ccc(S(=O)(=O)NC2CC2)cc1C(=O)N1CCC(c2nc(C3CC3)n[nH]2)CC1. The minimum atomic E-state index is -3.59. The number of sulfonamides is 1. The lowest BCUT2D eigenvalue weighted by Crippen LogP contribution is -2.38. The Morgan fingerprint density at radius 2 is 1.83 bits per heavy atom. The van der Waals surface area contributed by atoms with Crippen LogP contribution in [0.25, 0.3) is 0 Å². The van der Waals surface area contributed by atoms with Gasteiger partial charge in [0, 0.05) is 36.5 Å². The Hall–Kier alpha value is -2.26. The Bertz CT molecular complexity index is 1060. The van der Waals surface area contributed by atoms with E-state index in [1.54, 1.807) is 12.1 Å². The van der Waals surface area contributed by atoms with E-state index in [4.69, 9.17) is 0 Å². The zero-order valence-corrected chi connectivity index (χ0v) is 17.9. The van der Waals surface area contributed by atoms with Crippen molar-refractivity contribution in [1.82, 2.24) is 24.8 Å². The molecule has 3 fully saturated rings. The van der Waals surface area contributed by atoms with Gasteiger partial charge >= 0.3 is 0 Å². The number of carbonyl (C=O) groups excluding carboxylic acids is 1. The van der Waals surface area contributed by atoms with Gasteiger partial charge in [0.05, 0.1) is 4.90 Å². The minimum Gasteiger partial charge on any atom is -0.339 e. The zero-order chi connectivity index (χ0) is 20.9. The number of rotatable bonds is 6.